The lowest BCUT2D eigenvalue weighted by molar-refractivity contribution is 0.484. The molecule has 1 unspecified atom stereocenters. The first-order chi connectivity index (χ1) is 8.27. The summed E-state index contributed by atoms with van der Waals surface area (Å²) in [5.74, 6) is 0. The Morgan fingerprint density at radius 3 is 2.76 bits per heavy atom. The van der Waals surface area contributed by atoms with Gasteiger partial charge in [-0.15, -0.1) is 6.58 Å². The van der Waals surface area contributed by atoms with Crippen LogP contribution in [0.25, 0.3) is 0 Å². The van der Waals surface area contributed by atoms with Gasteiger partial charge in [0.1, 0.15) is 0 Å². The third-order valence-electron chi connectivity index (χ3n) is 3.16. The van der Waals surface area contributed by atoms with Gasteiger partial charge >= 0.3 is 0 Å². The molecule has 0 radical (unpaired) electrons. The summed E-state index contributed by atoms with van der Waals surface area (Å²) in [5.41, 5.74) is 2.88. The standard InChI is InChI=1S/C16H25N/c1-4-8-16(17-13-5-2)12-11-15-10-7-6-9-14(15)3/h4,6-7,9-10,16-17H,1,5,8,11-13H2,2-3H3. The van der Waals surface area contributed by atoms with Crippen molar-refractivity contribution < 1.29 is 0 Å². The molecule has 0 amide bonds. The fourth-order valence-corrected chi connectivity index (χ4v) is 2.07. The Morgan fingerprint density at radius 1 is 1.35 bits per heavy atom. The largest absolute Gasteiger partial charge is 0.314 e. The van der Waals surface area contributed by atoms with Crippen LogP contribution in [0.5, 0.6) is 0 Å². The molecular weight excluding hydrogens is 206 g/mol. The zero-order chi connectivity index (χ0) is 12.5. The van der Waals surface area contributed by atoms with Crippen molar-refractivity contribution in [3.63, 3.8) is 0 Å². The molecule has 0 heterocycles. The molecule has 0 fully saturated rings. The van der Waals surface area contributed by atoms with Gasteiger partial charge in [0.05, 0.1) is 0 Å². The van der Waals surface area contributed by atoms with E-state index in [-0.39, 0.29) is 0 Å². The summed E-state index contributed by atoms with van der Waals surface area (Å²) in [5, 5.41) is 3.59. The van der Waals surface area contributed by atoms with Crippen LogP contribution in [0.1, 0.15) is 37.3 Å². The number of rotatable bonds is 8. The molecule has 1 aromatic rings. The number of hydrogen-bond donors (Lipinski definition) is 1. The Balaban J connectivity index is 2.45. The Bertz CT molecular complexity index is 330. The molecule has 1 aromatic carbocycles. The summed E-state index contributed by atoms with van der Waals surface area (Å²) in [6.07, 6.45) is 6.62. The number of hydrogen-bond acceptors (Lipinski definition) is 1. The Kier molecular flexibility index (Phi) is 6.64. The summed E-state index contributed by atoms with van der Waals surface area (Å²) in [6.45, 7) is 9.34. The first-order valence-corrected chi connectivity index (χ1v) is 6.66. The van der Waals surface area contributed by atoms with Crippen molar-refractivity contribution in [2.45, 2.75) is 45.6 Å². The van der Waals surface area contributed by atoms with Crippen LogP contribution in [0.3, 0.4) is 0 Å². The Hall–Kier alpha value is -1.08. The molecule has 1 rings (SSSR count). The van der Waals surface area contributed by atoms with Gasteiger partial charge < -0.3 is 5.32 Å². The second kappa shape index (κ2) is 8.08. The molecule has 17 heavy (non-hydrogen) atoms. The van der Waals surface area contributed by atoms with Gasteiger partial charge in [0.15, 0.2) is 0 Å². The van der Waals surface area contributed by atoms with Crippen molar-refractivity contribution in [2.24, 2.45) is 0 Å². The van der Waals surface area contributed by atoms with Crippen molar-refractivity contribution in [1.82, 2.24) is 5.32 Å². The molecule has 0 spiro atoms. The number of nitrogens with one attached hydrogen (secondary N) is 1. The molecule has 0 aromatic heterocycles. The summed E-state index contributed by atoms with van der Waals surface area (Å²) in [4.78, 5) is 0. The van der Waals surface area contributed by atoms with E-state index in [0.717, 1.165) is 19.4 Å². The fourth-order valence-electron chi connectivity index (χ4n) is 2.07. The molecule has 0 saturated heterocycles. The van der Waals surface area contributed by atoms with Gasteiger partial charge in [-0.3, -0.25) is 0 Å². The van der Waals surface area contributed by atoms with E-state index in [4.69, 9.17) is 0 Å². The summed E-state index contributed by atoms with van der Waals surface area (Å²) >= 11 is 0. The predicted molar refractivity (Wildman–Crippen MR) is 76.4 cm³/mol. The van der Waals surface area contributed by atoms with Gasteiger partial charge in [-0.05, 0) is 50.3 Å². The third kappa shape index (κ3) is 5.18. The SMILES string of the molecule is C=CCC(CCc1ccccc1C)NCCC. The lowest BCUT2D eigenvalue weighted by Gasteiger charge is -2.17. The van der Waals surface area contributed by atoms with Crippen molar-refractivity contribution in [1.29, 1.82) is 0 Å². The van der Waals surface area contributed by atoms with Crippen LogP contribution in [-0.4, -0.2) is 12.6 Å². The molecule has 0 saturated carbocycles. The monoisotopic (exact) mass is 231 g/mol. The van der Waals surface area contributed by atoms with Gasteiger partial charge in [0, 0.05) is 6.04 Å². The van der Waals surface area contributed by atoms with E-state index in [1.54, 1.807) is 0 Å². The highest BCUT2D eigenvalue weighted by atomic mass is 14.9. The van der Waals surface area contributed by atoms with E-state index in [2.05, 4.69) is 50.0 Å². The zero-order valence-corrected chi connectivity index (χ0v) is 11.2. The van der Waals surface area contributed by atoms with Crippen molar-refractivity contribution in [3.05, 3.63) is 48.0 Å². The van der Waals surface area contributed by atoms with Crippen LogP contribution in [-0.2, 0) is 6.42 Å². The van der Waals surface area contributed by atoms with Crippen LogP contribution < -0.4 is 5.32 Å². The molecule has 1 atom stereocenters. The molecule has 1 heteroatoms. The maximum absolute atomic E-state index is 3.84. The van der Waals surface area contributed by atoms with E-state index in [1.165, 1.54) is 24.0 Å². The lowest BCUT2D eigenvalue weighted by Crippen LogP contribution is -2.29. The molecule has 0 aliphatic carbocycles. The molecule has 94 valence electrons. The highest BCUT2D eigenvalue weighted by Gasteiger charge is 2.06. The first kappa shape index (κ1) is 14.0. The molecule has 0 bridgehead atoms. The van der Waals surface area contributed by atoms with Crippen LogP contribution in [0.4, 0.5) is 0 Å². The van der Waals surface area contributed by atoms with Crippen molar-refractivity contribution in [2.75, 3.05) is 6.54 Å². The van der Waals surface area contributed by atoms with Gasteiger partial charge in [0.25, 0.3) is 0 Å². The fraction of sp³-hybridized carbons (Fsp3) is 0.500. The van der Waals surface area contributed by atoms with Gasteiger partial charge in [-0.25, -0.2) is 0 Å². The predicted octanol–water partition coefficient (Wildman–Crippen LogP) is 3.87. The first-order valence-electron chi connectivity index (χ1n) is 6.66. The van der Waals surface area contributed by atoms with Crippen molar-refractivity contribution in [3.8, 4) is 0 Å². The lowest BCUT2D eigenvalue weighted by atomic mass is 9.99. The van der Waals surface area contributed by atoms with Gasteiger partial charge in [-0.2, -0.15) is 0 Å². The minimum atomic E-state index is 0.576. The van der Waals surface area contributed by atoms with Gasteiger partial charge in [0.2, 0.25) is 0 Å². The average molecular weight is 231 g/mol. The average Bonchev–Trinajstić information content (AvgIpc) is 2.34. The number of benzene rings is 1. The normalized spacial score (nSPS) is 12.4. The zero-order valence-electron chi connectivity index (χ0n) is 11.2. The summed E-state index contributed by atoms with van der Waals surface area (Å²) < 4.78 is 0. The highest BCUT2D eigenvalue weighted by molar-refractivity contribution is 5.25. The summed E-state index contributed by atoms with van der Waals surface area (Å²) in [7, 11) is 0. The van der Waals surface area contributed by atoms with Gasteiger partial charge in [-0.1, -0.05) is 37.3 Å². The second-order valence-electron chi connectivity index (χ2n) is 4.64. The van der Waals surface area contributed by atoms with Crippen LogP contribution >= 0.6 is 0 Å². The highest BCUT2D eigenvalue weighted by Crippen LogP contribution is 2.12. The van der Waals surface area contributed by atoms with Crippen molar-refractivity contribution >= 4 is 0 Å². The van der Waals surface area contributed by atoms with Crippen LogP contribution in [0.15, 0.2) is 36.9 Å². The second-order valence-corrected chi connectivity index (χ2v) is 4.64. The van der Waals surface area contributed by atoms with E-state index in [0.29, 0.717) is 6.04 Å². The summed E-state index contributed by atoms with van der Waals surface area (Å²) in [6, 6.07) is 9.24. The van der Waals surface area contributed by atoms with E-state index in [1.807, 2.05) is 6.08 Å². The quantitative estimate of drug-likeness (QED) is 0.670. The maximum Gasteiger partial charge on any atom is 0.0105 e. The molecule has 0 aliphatic heterocycles. The molecular formula is C16H25N. The Morgan fingerprint density at radius 2 is 2.12 bits per heavy atom. The third-order valence-corrected chi connectivity index (χ3v) is 3.16. The minimum absolute atomic E-state index is 0.576. The van der Waals surface area contributed by atoms with E-state index >= 15 is 0 Å². The maximum atomic E-state index is 3.84. The van der Waals surface area contributed by atoms with Crippen LogP contribution in [0.2, 0.25) is 0 Å². The van der Waals surface area contributed by atoms with E-state index in [9.17, 15) is 0 Å². The van der Waals surface area contributed by atoms with E-state index < -0.39 is 0 Å². The van der Waals surface area contributed by atoms with Crippen LogP contribution in [0, 0.1) is 6.92 Å². The smallest absolute Gasteiger partial charge is 0.0105 e. The molecule has 0 aliphatic rings. The minimum Gasteiger partial charge on any atom is -0.314 e. The molecule has 1 N–H and O–H groups in total. The number of aryl methyl sites for hydroxylation is 2. The Labute approximate surface area is 106 Å². The molecule has 1 nitrogen and oxygen atoms in total. The topological polar surface area (TPSA) is 12.0 Å².